The van der Waals surface area contributed by atoms with E-state index in [4.69, 9.17) is 0 Å². The lowest BCUT2D eigenvalue weighted by Crippen LogP contribution is -2.29. The summed E-state index contributed by atoms with van der Waals surface area (Å²) in [6.45, 7) is 9.21. The number of anilines is 6. The molecule has 9 rings (SSSR count). The van der Waals surface area contributed by atoms with Crippen molar-refractivity contribution >= 4 is 34.1 Å². The molecule has 0 heterocycles. The predicted molar refractivity (Wildman–Crippen MR) is 361 cm³/mol. The van der Waals surface area contributed by atoms with Crippen LogP contribution in [0.3, 0.4) is 0 Å². The van der Waals surface area contributed by atoms with Crippen molar-refractivity contribution in [3.8, 4) is 11.1 Å². The Balaban J connectivity index is 1.13. The predicted octanol–water partition coefficient (Wildman–Crippen LogP) is 24.6. The minimum atomic E-state index is -0.611. The molecule has 434 valence electrons. The standard InChI is InChI=1S/C81H100N2/c1-5-9-13-17-21-27-35-65-43-51-71(52-44-65)82(72-53-45-66(46-54-72)36-28-22-18-14-10-6-2)75-59-61-77-78-62-60-76(64-80(78)81(79(77)63-75,69-39-31-25-32-40-69)70-41-33-26-34-42-70)83(73-55-47-67(48-56-73)37-29-23-19-15-11-7-3)74-57-49-68(50-58-74)38-30-24-20-16-12-8-4/h25-26,31-34,39-64H,5-24,27-30,35-38H2,1-4H3. The summed E-state index contributed by atoms with van der Waals surface area (Å²) in [4.78, 5) is 5.04. The molecule has 2 heteroatoms. The van der Waals surface area contributed by atoms with E-state index in [2.05, 4.69) is 232 Å². The van der Waals surface area contributed by atoms with Crippen molar-refractivity contribution in [2.75, 3.05) is 9.80 Å². The first-order valence-electron chi connectivity index (χ1n) is 33.4. The highest BCUT2D eigenvalue weighted by atomic mass is 15.1. The van der Waals surface area contributed by atoms with Crippen molar-refractivity contribution < 1.29 is 0 Å². The fourth-order valence-electron chi connectivity index (χ4n) is 13.3. The zero-order valence-electron chi connectivity index (χ0n) is 51.7. The van der Waals surface area contributed by atoms with Gasteiger partial charge >= 0.3 is 0 Å². The molecule has 83 heavy (non-hydrogen) atoms. The molecule has 0 fully saturated rings. The fourth-order valence-corrected chi connectivity index (χ4v) is 13.3. The Hall–Kier alpha value is -6.64. The minimum Gasteiger partial charge on any atom is -0.310 e. The van der Waals surface area contributed by atoms with Crippen LogP contribution in [-0.4, -0.2) is 0 Å². The third kappa shape index (κ3) is 16.0. The fraction of sp³-hybridized carbons (Fsp3) is 0.407. The number of hydrogen-bond acceptors (Lipinski definition) is 2. The Labute approximate surface area is 503 Å². The molecule has 8 aromatic rings. The highest BCUT2D eigenvalue weighted by Crippen LogP contribution is 2.58. The Morgan fingerprint density at radius 2 is 0.482 bits per heavy atom. The van der Waals surface area contributed by atoms with Gasteiger partial charge < -0.3 is 9.80 Å². The van der Waals surface area contributed by atoms with Crippen LogP contribution in [0.5, 0.6) is 0 Å². The van der Waals surface area contributed by atoms with Crippen LogP contribution in [0, 0.1) is 0 Å². The van der Waals surface area contributed by atoms with Gasteiger partial charge in [0.2, 0.25) is 0 Å². The lowest BCUT2D eigenvalue weighted by atomic mass is 9.67. The molecule has 0 aliphatic heterocycles. The largest absolute Gasteiger partial charge is 0.310 e. The molecule has 0 saturated carbocycles. The van der Waals surface area contributed by atoms with Gasteiger partial charge in [0.25, 0.3) is 0 Å². The lowest BCUT2D eigenvalue weighted by Gasteiger charge is -2.35. The second-order valence-electron chi connectivity index (χ2n) is 24.3. The first-order valence-corrected chi connectivity index (χ1v) is 33.4. The van der Waals surface area contributed by atoms with E-state index in [1.807, 2.05) is 0 Å². The molecule has 0 N–H and O–H groups in total. The molecule has 0 saturated heterocycles. The molecule has 0 radical (unpaired) electrons. The quantitative estimate of drug-likeness (QED) is 0.0361. The van der Waals surface area contributed by atoms with Crippen LogP contribution in [0.2, 0.25) is 0 Å². The van der Waals surface area contributed by atoms with Crippen LogP contribution < -0.4 is 9.80 Å². The van der Waals surface area contributed by atoms with Gasteiger partial charge in [-0.3, -0.25) is 0 Å². The van der Waals surface area contributed by atoms with Gasteiger partial charge in [0.05, 0.1) is 5.41 Å². The number of fused-ring (bicyclic) bond motifs is 3. The molecule has 0 aromatic heterocycles. The van der Waals surface area contributed by atoms with Gasteiger partial charge in [-0.25, -0.2) is 0 Å². The summed E-state index contributed by atoms with van der Waals surface area (Å²) in [5.41, 5.74) is 19.9. The monoisotopic (exact) mass is 1100 g/mol. The van der Waals surface area contributed by atoms with E-state index >= 15 is 0 Å². The molecular weight excluding hydrogens is 1000 g/mol. The number of nitrogens with zero attached hydrogens (tertiary/aromatic N) is 2. The van der Waals surface area contributed by atoms with Crippen molar-refractivity contribution in [2.45, 2.75) is 213 Å². The second-order valence-corrected chi connectivity index (χ2v) is 24.3. The molecule has 0 bridgehead atoms. The van der Waals surface area contributed by atoms with Gasteiger partial charge in [-0.15, -0.1) is 0 Å². The van der Waals surface area contributed by atoms with Crippen molar-refractivity contribution in [2.24, 2.45) is 0 Å². The smallest absolute Gasteiger partial charge is 0.0715 e. The van der Waals surface area contributed by atoms with Crippen molar-refractivity contribution in [3.05, 3.63) is 239 Å². The molecule has 0 spiro atoms. The third-order valence-corrected chi connectivity index (χ3v) is 18.1. The molecular formula is C81H100N2. The summed E-state index contributed by atoms with van der Waals surface area (Å²) in [6, 6.07) is 75.7. The minimum absolute atomic E-state index is 0.611. The van der Waals surface area contributed by atoms with Crippen LogP contribution >= 0.6 is 0 Å². The van der Waals surface area contributed by atoms with Crippen LogP contribution in [-0.2, 0) is 31.1 Å². The number of rotatable bonds is 36. The molecule has 2 nitrogen and oxygen atoms in total. The van der Waals surface area contributed by atoms with E-state index in [1.165, 1.54) is 244 Å². The Morgan fingerprint density at radius 3 is 0.747 bits per heavy atom. The van der Waals surface area contributed by atoms with Gasteiger partial charge in [0, 0.05) is 34.1 Å². The summed E-state index contributed by atoms with van der Waals surface area (Å²) in [6.07, 6.45) is 36.0. The highest BCUT2D eigenvalue weighted by Gasteiger charge is 2.47. The van der Waals surface area contributed by atoms with E-state index < -0.39 is 5.41 Å². The number of benzene rings is 8. The topological polar surface area (TPSA) is 6.48 Å². The molecule has 0 atom stereocenters. The molecule has 8 aromatic carbocycles. The zero-order chi connectivity index (χ0) is 57.3. The lowest BCUT2D eigenvalue weighted by molar-refractivity contribution is 0.607. The summed E-state index contributed by atoms with van der Waals surface area (Å²) in [7, 11) is 0. The first kappa shape index (κ1) is 60.9. The first-order chi connectivity index (χ1) is 41.0. The summed E-state index contributed by atoms with van der Waals surface area (Å²) >= 11 is 0. The number of hydrogen-bond donors (Lipinski definition) is 0. The van der Waals surface area contributed by atoms with Gasteiger partial charge in [-0.2, -0.15) is 0 Å². The number of aryl methyl sites for hydroxylation is 4. The van der Waals surface area contributed by atoms with Crippen molar-refractivity contribution in [1.82, 2.24) is 0 Å². The van der Waals surface area contributed by atoms with Crippen LogP contribution in [0.4, 0.5) is 34.1 Å². The maximum absolute atomic E-state index is 2.55. The van der Waals surface area contributed by atoms with Gasteiger partial charge in [0.1, 0.15) is 0 Å². The van der Waals surface area contributed by atoms with Gasteiger partial charge in [-0.1, -0.05) is 277 Å². The van der Waals surface area contributed by atoms with Gasteiger partial charge in [0.15, 0.2) is 0 Å². The van der Waals surface area contributed by atoms with Crippen LogP contribution in [0.15, 0.2) is 194 Å². The van der Waals surface area contributed by atoms with Crippen LogP contribution in [0.25, 0.3) is 11.1 Å². The average Bonchev–Trinajstić information content (AvgIpc) is 2.28. The Bertz CT molecular complexity index is 2770. The molecule has 1 aliphatic rings. The van der Waals surface area contributed by atoms with Crippen molar-refractivity contribution in [1.29, 1.82) is 0 Å². The number of unbranched alkanes of at least 4 members (excludes halogenated alkanes) is 20. The van der Waals surface area contributed by atoms with Crippen molar-refractivity contribution in [3.63, 3.8) is 0 Å². The normalized spacial score (nSPS) is 12.3. The second kappa shape index (κ2) is 32.4. The molecule has 1 aliphatic carbocycles. The average molecular weight is 1100 g/mol. The summed E-state index contributed by atoms with van der Waals surface area (Å²) < 4.78 is 0. The van der Waals surface area contributed by atoms with E-state index in [1.54, 1.807) is 0 Å². The van der Waals surface area contributed by atoms with E-state index in [0.29, 0.717) is 0 Å². The SMILES string of the molecule is CCCCCCCCc1ccc(N(c2ccc(CCCCCCCC)cc2)c2ccc3c(c2)C(c2ccccc2)(c2ccccc2)c2cc(N(c4ccc(CCCCCCCC)cc4)c4ccc(CCCCCCCC)cc4)ccc2-3)cc1. The van der Waals surface area contributed by atoms with E-state index in [-0.39, 0.29) is 0 Å². The third-order valence-electron chi connectivity index (χ3n) is 18.1. The maximum Gasteiger partial charge on any atom is 0.0715 e. The molecule has 0 unspecified atom stereocenters. The van der Waals surface area contributed by atoms with E-state index in [9.17, 15) is 0 Å². The van der Waals surface area contributed by atoms with Crippen LogP contribution in [0.1, 0.15) is 226 Å². The highest BCUT2D eigenvalue weighted by molar-refractivity contribution is 5.92. The van der Waals surface area contributed by atoms with Gasteiger partial charge in [-0.05, 0) is 180 Å². The maximum atomic E-state index is 2.55. The Morgan fingerprint density at radius 1 is 0.241 bits per heavy atom. The summed E-state index contributed by atoms with van der Waals surface area (Å²) in [5.74, 6) is 0. The zero-order valence-corrected chi connectivity index (χ0v) is 51.7. The van der Waals surface area contributed by atoms with E-state index in [0.717, 1.165) is 25.7 Å². The molecule has 0 amide bonds. The Kier molecular flexibility index (Phi) is 23.8. The summed E-state index contributed by atoms with van der Waals surface area (Å²) in [5, 5.41) is 0.